The molecule has 2 aromatic carbocycles. The molecule has 0 aliphatic rings. The summed E-state index contributed by atoms with van der Waals surface area (Å²) < 4.78 is 16.1. The van der Waals surface area contributed by atoms with Crippen molar-refractivity contribution in [2.45, 2.75) is 0 Å². The third-order valence-corrected chi connectivity index (χ3v) is 3.94. The monoisotopic (exact) mass is 376 g/mol. The van der Waals surface area contributed by atoms with Crippen LogP contribution < -0.4 is 9.47 Å². The molecule has 0 amide bonds. The number of ether oxygens (including phenoxy) is 2. The normalized spacial score (nSPS) is 11.4. The SMILES string of the molecule is COc1ccc(/C=C(\Cl)c2nnc(-c3ccc(Cl)cc3)o2)cc1OC. The van der Waals surface area contributed by atoms with Gasteiger partial charge in [-0.1, -0.05) is 29.3 Å². The Labute approximate surface area is 154 Å². The molecular formula is C18H14Cl2N2O3. The number of hydrogen-bond donors (Lipinski definition) is 0. The van der Waals surface area contributed by atoms with Gasteiger partial charge in [-0.3, -0.25) is 0 Å². The molecule has 0 radical (unpaired) electrons. The minimum atomic E-state index is 0.224. The number of benzene rings is 2. The van der Waals surface area contributed by atoms with Crippen LogP contribution in [0.15, 0.2) is 46.9 Å². The van der Waals surface area contributed by atoms with Crippen LogP contribution in [-0.4, -0.2) is 24.4 Å². The van der Waals surface area contributed by atoms with E-state index in [1.807, 2.05) is 6.07 Å². The largest absolute Gasteiger partial charge is 0.493 e. The molecule has 7 heteroatoms. The van der Waals surface area contributed by atoms with Gasteiger partial charge in [0.2, 0.25) is 5.89 Å². The predicted octanol–water partition coefficient (Wildman–Crippen LogP) is 5.14. The fourth-order valence-corrected chi connectivity index (χ4v) is 2.51. The van der Waals surface area contributed by atoms with E-state index in [1.54, 1.807) is 56.7 Å². The summed E-state index contributed by atoms with van der Waals surface area (Å²) >= 11 is 12.2. The van der Waals surface area contributed by atoms with Crippen molar-refractivity contribution in [1.29, 1.82) is 0 Å². The maximum atomic E-state index is 6.31. The summed E-state index contributed by atoms with van der Waals surface area (Å²) in [6, 6.07) is 12.5. The van der Waals surface area contributed by atoms with E-state index in [1.165, 1.54) is 0 Å². The number of aromatic nitrogens is 2. The van der Waals surface area contributed by atoms with Crippen LogP contribution in [0.3, 0.4) is 0 Å². The summed E-state index contributed by atoms with van der Waals surface area (Å²) in [6.07, 6.45) is 1.71. The quantitative estimate of drug-likeness (QED) is 0.616. The van der Waals surface area contributed by atoms with Crippen LogP contribution in [0, 0.1) is 0 Å². The van der Waals surface area contributed by atoms with Crippen molar-refractivity contribution in [1.82, 2.24) is 10.2 Å². The number of rotatable bonds is 5. The first-order valence-electron chi connectivity index (χ1n) is 7.29. The Morgan fingerprint density at radius 2 is 1.72 bits per heavy atom. The molecule has 0 N–H and O–H groups in total. The average molecular weight is 377 g/mol. The highest BCUT2D eigenvalue weighted by Crippen LogP contribution is 2.31. The lowest BCUT2D eigenvalue weighted by Crippen LogP contribution is -1.90. The third kappa shape index (κ3) is 3.95. The van der Waals surface area contributed by atoms with Gasteiger partial charge in [-0.05, 0) is 48.0 Å². The molecule has 0 aliphatic heterocycles. The second-order valence-electron chi connectivity index (χ2n) is 5.03. The molecular weight excluding hydrogens is 363 g/mol. The third-order valence-electron chi connectivity index (χ3n) is 3.42. The van der Waals surface area contributed by atoms with E-state index < -0.39 is 0 Å². The van der Waals surface area contributed by atoms with E-state index in [0.717, 1.165) is 11.1 Å². The lowest BCUT2D eigenvalue weighted by molar-refractivity contribution is 0.355. The molecule has 0 bridgehead atoms. The standard InChI is InChI=1S/C18H14Cl2N2O3/c1-23-15-8-3-11(10-16(15)24-2)9-14(20)18-22-21-17(25-18)12-4-6-13(19)7-5-12/h3-10H,1-2H3/b14-9-. The molecule has 0 unspecified atom stereocenters. The molecule has 0 spiro atoms. The van der Waals surface area contributed by atoms with Crippen LogP contribution in [0.2, 0.25) is 5.02 Å². The molecule has 0 atom stereocenters. The minimum absolute atomic E-state index is 0.224. The predicted molar refractivity (Wildman–Crippen MR) is 98.0 cm³/mol. The van der Waals surface area contributed by atoms with Gasteiger partial charge in [-0.15, -0.1) is 10.2 Å². The Balaban J connectivity index is 1.87. The molecule has 0 fully saturated rings. The maximum absolute atomic E-state index is 6.31. The van der Waals surface area contributed by atoms with Gasteiger partial charge in [0.15, 0.2) is 11.5 Å². The van der Waals surface area contributed by atoms with E-state index in [9.17, 15) is 0 Å². The zero-order chi connectivity index (χ0) is 17.8. The fourth-order valence-electron chi connectivity index (χ4n) is 2.18. The molecule has 0 saturated carbocycles. The van der Waals surface area contributed by atoms with E-state index in [4.69, 9.17) is 37.1 Å². The Morgan fingerprint density at radius 1 is 1.00 bits per heavy atom. The number of methoxy groups -OCH3 is 2. The van der Waals surface area contributed by atoms with Crippen LogP contribution in [0.4, 0.5) is 0 Å². The summed E-state index contributed by atoms with van der Waals surface area (Å²) in [5.41, 5.74) is 1.58. The summed E-state index contributed by atoms with van der Waals surface area (Å²) in [7, 11) is 3.15. The van der Waals surface area contributed by atoms with E-state index in [0.29, 0.717) is 27.4 Å². The molecule has 1 heterocycles. The van der Waals surface area contributed by atoms with Crippen LogP contribution in [0.5, 0.6) is 11.5 Å². The number of nitrogens with zero attached hydrogens (tertiary/aromatic N) is 2. The Bertz CT molecular complexity index is 905. The van der Waals surface area contributed by atoms with Crippen LogP contribution in [-0.2, 0) is 0 Å². The summed E-state index contributed by atoms with van der Waals surface area (Å²) in [5, 5.41) is 8.95. The zero-order valence-corrected chi connectivity index (χ0v) is 15.0. The van der Waals surface area contributed by atoms with Crippen molar-refractivity contribution in [2.75, 3.05) is 14.2 Å². The van der Waals surface area contributed by atoms with E-state index in [-0.39, 0.29) is 5.89 Å². The number of hydrogen-bond acceptors (Lipinski definition) is 5. The van der Waals surface area contributed by atoms with Crippen LogP contribution in [0.1, 0.15) is 11.5 Å². The average Bonchev–Trinajstić information content (AvgIpc) is 3.12. The lowest BCUT2D eigenvalue weighted by atomic mass is 10.2. The number of halogens is 2. The molecule has 0 aliphatic carbocycles. The molecule has 25 heavy (non-hydrogen) atoms. The highest BCUT2D eigenvalue weighted by molar-refractivity contribution is 6.50. The van der Waals surface area contributed by atoms with Gasteiger partial charge in [0.05, 0.1) is 14.2 Å². The van der Waals surface area contributed by atoms with Gasteiger partial charge >= 0.3 is 0 Å². The van der Waals surface area contributed by atoms with Crippen molar-refractivity contribution in [2.24, 2.45) is 0 Å². The van der Waals surface area contributed by atoms with Crippen LogP contribution in [0.25, 0.3) is 22.6 Å². The first-order valence-corrected chi connectivity index (χ1v) is 8.05. The van der Waals surface area contributed by atoms with Gasteiger partial charge in [-0.2, -0.15) is 0 Å². The molecule has 5 nitrogen and oxygen atoms in total. The highest BCUT2D eigenvalue weighted by Gasteiger charge is 2.12. The van der Waals surface area contributed by atoms with Gasteiger partial charge < -0.3 is 13.9 Å². The molecule has 3 rings (SSSR count). The van der Waals surface area contributed by atoms with Gasteiger partial charge in [0.1, 0.15) is 5.03 Å². The van der Waals surface area contributed by atoms with Crippen molar-refractivity contribution < 1.29 is 13.9 Å². The minimum Gasteiger partial charge on any atom is -0.493 e. The molecule has 3 aromatic rings. The van der Waals surface area contributed by atoms with Crippen molar-refractivity contribution in [3.8, 4) is 23.0 Å². The topological polar surface area (TPSA) is 57.4 Å². The summed E-state index contributed by atoms with van der Waals surface area (Å²) in [6.45, 7) is 0. The molecule has 0 saturated heterocycles. The van der Waals surface area contributed by atoms with Gasteiger partial charge in [0.25, 0.3) is 5.89 Å². The second-order valence-corrected chi connectivity index (χ2v) is 5.87. The highest BCUT2D eigenvalue weighted by atomic mass is 35.5. The Kier molecular flexibility index (Phi) is 5.26. The fraction of sp³-hybridized carbons (Fsp3) is 0.111. The second kappa shape index (κ2) is 7.59. The summed E-state index contributed by atoms with van der Waals surface area (Å²) in [5.74, 6) is 1.83. The van der Waals surface area contributed by atoms with E-state index in [2.05, 4.69) is 10.2 Å². The van der Waals surface area contributed by atoms with Crippen molar-refractivity contribution in [3.63, 3.8) is 0 Å². The van der Waals surface area contributed by atoms with Gasteiger partial charge in [-0.25, -0.2) is 0 Å². The van der Waals surface area contributed by atoms with Crippen LogP contribution >= 0.6 is 23.2 Å². The smallest absolute Gasteiger partial charge is 0.259 e. The maximum Gasteiger partial charge on any atom is 0.259 e. The van der Waals surface area contributed by atoms with E-state index >= 15 is 0 Å². The van der Waals surface area contributed by atoms with Crippen molar-refractivity contribution in [3.05, 3.63) is 58.9 Å². The summed E-state index contributed by atoms with van der Waals surface area (Å²) in [4.78, 5) is 0. The Hall–Kier alpha value is -2.50. The molecule has 1 aromatic heterocycles. The molecule has 128 valence electrons. The van der Waals surface area contributed by atoms with Crippen molar-refractivity contribution >= 4 is 34.3 Å². The lowest BCUT2D eigenvalue weighted by Gasteiger charge is -2.07. The first-order chi connectivity index (χ1) is 12.1. The Morgan fingerprint density at radius 3 is 2.40 bits per heavy atom. The zero-order valence-electron chi connectivity index (χ0n) is 13.5. The first kappa shape index (κ1) is 17.3. The van der Waals surface area contributed by atoms with Gasteiger partial charge in [0, 0.05) is 10.6 Å².